The molecule has 2 aromatic rings. The fraction of sp³-hybridized carbons (Fsp3) is 0.105. The predicted molar refractivity (Wildman–Crippen MR) is 98.1 cm³/mol. The number of ketones is 1. The van der Waals surface area contributed by atoms with Gasteiger partial charge in [0.2, 0.25) is 11.7 Å². The minimum atomic E-state index is -0.612. The quantitative estimate of drug-likeness (QED) is 0.838. The molecule has 3 rings (SSSR count). The van der Waals surface area contributed by atoms with E-state index < -0.39 is 5.91 Å². The van der Waals surface area contributed by atoms with Crippen LogP contribution in [0, 0.1) is 0 Å². The Kier molecular flexibility index (Phi) is 4.77. The van der Waals surface area contributed by atoms with E-state index in [9.17, 15) is 14.4 Å². The summed E-state index contributed by atoms with van der Waals surface area (Å²) in [6, 6.07) is 11.8. The molecule has 1 heterocycles. The number of ether oxygens (including phenoxy) is 1. The molecule has 2 aromatic carbocycles. The summed E-state index contributed by atoms with van der Waals surface area (Å²) >= 11 is 6.15. The third kappa shape index (κ3) is 3.32. The van der Waals surface area contributed by atoms with Crippen molar-refractivity contribution in [2.45, 2.75) is 6.92 Å². The van der Waals surface area contributed by atoms with Crippen molar-refractivity contribution >= 4 is 41.0 Å². The normalized spacial score (nSPS) is 14.5. The number of rotatable bonds is 4. The number of para-hydroxylation sites is 1. The lowest BCUT2D eigenvalue weighted by Gasteiger charge is -2.16. The van der Waals surface area contributed by atoms with E-state index in [0.717, 1.165) is 0 Å². The van der Waals surface area contributed by atoms with Crippen LogP contribution in [0.5, 0.6) is 5.75 Å². The zero-order valence-electron chi connectivity index (χ0n) is 13.9. The summed E-state index contributed by atoms with van der Waals surface area (Å²) < 4.78 is 5.20. The lowest BCUT2D eigenvalue weighted by atomic mass is 10.1. The van der Waals surface area contributed by atoms with Gasteiger partial charge in [-0.25, -0.2) is 0 Å². The Morgan fingerprint density at radius 3 is 2.62 bits per heavy atom. The molecule has 26 heavy (non-hydrogen) atoms. The highest BCUT2D eigenvalue weighted by molar-refractivity contribution is 6.32. The number of amides is 2. The Labute approximate surface area is 154 Å². The minimum absolute atomic E-state index is 0.235. The molecule has 2 amide bonds. The van der Waals surface area contributed by atoms with Crippen LogP contribution in [0.4, 0.5) is 5.69 Å². The van der Waals surface area contributed by atoms with Crippen molar-refractivity contribution in [2.75, 3.05) is 11.5 Å². The summed E-state index contributed by atoms with van der Waals surface area (Å²) in [7, 11) is 0. The number of hydrogen-bond acceptors (Lipinski definition) is 4. The standard InChI is InChI=1S/C19H15ClN2O4/c1-11(23)22-15-5-3-2-4-13(15)19(25)16(22)9-12-6-7-17(14(20)8-12)26-10-18(21)24/h2-9H,10H2,1H3,(H2,21,24)/b16-9-. The molecule has 0 saturated heterocycles. The number of nitrogens with zero attached hydrogens (tertiary/aromatic N) is 1. The first-order chi connectivity index (χ1) is 12.4. The van der Waals surface area contributed by atoms with Crippen LogP contribution < -0.4 is 15.4 Å². The van der Waals surface area contributed by atoms with Gasteiger partial charge in [0, 0.05) is 12.5 Å². The number of carbonyl (C=O) groups is 3. The van der Waals surface area contributed by atoms with Crippen molar-refractivity contribution in [1.82, 2.24) is 0 Å². The van der Waals surface area contributed by atoms with Gasteiger partial charge in [-0.2, -0.15) is 0 Å². The summed E-state index contributed by atoms with van der Waals surface area (Å²) in [4.78, 5) is 36.9. The second kappa shape index (κ2) is 7.01. The average molecular weight is 371 g/mol. The monoisotopic (exact) mass is 370 g/mol. The minimum Gasteiger partial charge on any atom is -0.482 e. The number of Topliss-reactive ketones (excluding diaryl/α,β-unsaturated/α-hetero) is 1. The summed E-state index contributed by atoms with van der Waals surface area (Å²) in [5, 5.41) is 0.262. The van der Waals surface area contributed by atoms with Gasteiger partial charge >= 0.3 is 0 Å². The molecule has 1 aliphatic rings. The Morgan fingerprint density at radius 1 is 1.23 bits per heavy atom. The van der Waals surface area contributed by atoms with Gasteiger partial charge < -0.3 is 10.5 Å². The number of carbonyl (C=O) groups excluding carboxylic acids is 3. The van der Waals surface area contributed by atoms with Crippen molar-refractivity contribution in [1.29, 1.82) is 0 Å². The first-order valence-electron chi connectivity index (χ1n) is 7.75. The third-order valence-electron chi connectivity index (χ3n) is 3.81. The fourth-order valence-electron chi connectivity index (χ4n) is 2.73. The Balaban J connectivity index is 1.97. The van der Waals surface area contributed by atoms with Crippen LogP contribution in [0.3, 0.4) is 0 Å². The molecule has 0 unspecified atom stereocenters. The molecular weight excluding hydrogens is 356 g/mol. The topological polar surface area (TPSA) is 89.7 Å². The molecule has 132 valence electrons. The van der Waals surface area contributed by atoms with Crippen molar-refractivity contribution in [2.24, 2.45) is 5.73 Å². The van der Waals surface area contributed by atoms with Crippen LogP contribution in [0.1, 0.15) is 22.8 Å². The number of halogens is 1. The molecule has 7 heteroatoms. The molecular formula is C19H15ClN2O4. The third-order valence-corrected chi connectivity index (χ3v) is 4.10. The Hall–Kier alpha value is -3.12. The van der Waals surface area contributed by atoms with Gasteiger partial charge in [0.25, 0.3) is 5.91 Å². The zero-order chi connectivity index (χ0) is 18.8. The molecule has 2 N–H and O–H groups in total. The lowest BCUT2D eigenvalue weighted by molar-refractivity contribution is -0.120. The molecule has 0 fully saturated rings. The van der Waals surface area contributed by atoms with Crippen molar-refractivity contribution in [3.05, 3.63) is 64.3 Å². The van der Waals surface area contributed by atoms with E-state index in [2.05, 4.69) is 0 Å². The summed E-state index contributed by atoms with van der Waals surface area (Å²) in [5.74, 6) is -0.807. The zero-order valence-corrected chi connectivity index (χ0v) is 14.6. The van der Waals surface area contributed by atoms with Gasteiger partial charge in [0.15, 0.2) is 6.61 Å². The van der Waals surface area contributed by atoms with E-state index in [0.29, 0.717) is 22.6 Å². The number of anilines is 1. The molecule has 0 aromatic heterocycles. The molecule has 0 saturated carbocycles. The van der Waals surface area contributed by atoms with Crippen LogP contribution in [-0.4, -0.2) is 24.2 Å². The van der Waals surface area contributed by atoms with Gasteiger partial charge in [0.05, 0.1) is 16.4 Å². The van der Waals surface area contributed by atoms with Crippen molar-refractivity contribution < 1.29 is 19.1 Å². The molecule has 0 spiro atoms. The SMILES string of the molecule is CC(=O)N1/C(=C\c2ccc(OCC(N)=O)c(Cl)c2)C(=O)c2ccccc21. The first kappa shape index (κ1) is 17.7. The summed E-state index contributed by atoms with van der Waals surface area (Å²) in [6.07, 6.45) is 1.59. The maximum absolute atomic E-state index is 12.7. The highest BCUT2D eigenvalue weighted by atomic mass is 35.5. The van der Waals surface area contributed by atoms with Gasteiger partial charge in [0.1, 0.15) is 5.75 Å². The fourth-order valence-corrected chi connectivity index (χ4v) is 2.97. The maximum atomic E-state index is 12.7. The molecule has 6 nitrogen and oxygen atoms in total. The van der Waals surface area contributed by atoms with Gasteiger partial charge in [-0.15, -0.1) is 0 Å². The number of primary amides is 1. The number of fused-ring (bicyclic) bond motifs is 1. The summed E-state index contributed by atoms with van der Waals surface area (Å²) in [6.45, 7) is 1.11. The van der Waals surface area contributed by atoms with E-state index >= 15 is 0 Å². The van der Waals surface area contributed by atoms with Gasteiger partial charge in [-0.05, 0) is 35.9 Å². The van der Waals surface area contributed by atoms with Crippen LogP contribution in [0.15, 0.2) is 48.2 Å². The average Bonchev–Trinajstić information content (AvgIpc) is 2.87. The highest BCUT2D eigenvalue weighted by Crippen LogP contribution is 2.36. The van der Waals surface area contributed by atoms with Crippen LogP contribution in [0.25, 0.3) is 6.08 Å². The van der Waals surface area contributed by atoms with Crippen LogP contribution >= 0.6 is 11.6 Å². The van der Waals surface area contributed by atoms with E-state index in [1.807, 2.05) is 0 Å². The summed E-state index contributed by atoms with van der Waals surface area (Å²) in [5.41, 5.74) is 6.94. The molecule has 0 aliphatic carbocycles. The van der Waals surface area contributed by atoms with Crippen molar-refractivity contribution in [3.63, 3.8) is 0 Å². The number of benzene rings is 2. The van der Waals surface area contributed by atoms with Crippen LogP contribution in [-0.2, 0) is 9.59 Å². The van der Waals surface area contributed by atoms with Crippen molar-refractivity contribution in [3.8, 4) is 5.75 Å². The van der Waals surface area contributed by atoms with Crippen LogP contribution in [0.2, 0.25) is 5.02 Å². The Bertz CT molecular complexity index is 952. The Morgan fingerprint density at radius 2 is 1.96 bits per heavy atom. The first-order valence-corrected chi connectivity index (χ1v) is 8.13. The molecule has 0 bridgehead atoms. The van der Waals surface area contributed by atoms with E-state index in [-0.39, 0.29) is 29.0 Å². The molecule has 0 atom stereocenters. The second-order valence-electron chi connectivity index (χ2n) is 5.68. The predicted octanol–water partition coefficient (Wildman–Crippen LogP) is 2.79. The second-order valence-corrected chi connectivity index (χ2v) is 6.08. The van der Waals surface area contributed by atoms with E-state index in [4.69, 9.17) is 22.1 Å². The number of allylic oxidation sites excluding steroid dienone is 1. The largest absolute Gasteiger partial charge is 0.482 e. The maximum Gasteiger partial charge on any atom is 0.255 e. The van der Waals surface area contributed by atoms with Gasteiger partial charge in [-0.3, -0.25) is 19.3 Å². The van der Waals surface area contributed by atoms with Gasteiger partial charge in [-0.1, -0.05) is 29.8 Å². The highest BCUT2D eigenvalue weighted by Gasteiger charge is 2.34. The van der Waals surface area contributed by atoms with E-state index in [1.54, 1.807) is 48.5 Å². The number of nitrogens with two attached hydrogens (primary N) is 1. The smallest absolute Gasteiger partial charge is 0.255 e. The molecule has 0 radical (unpaired) electrons. The van der Waals surface area contributed by atoms with E-state index in [1.165, 1.54) is 11.8 Å². The lowest BCUT2D eigenvalue weighted by Crippen LogP contribution is -2.25. The molecule has 1 aliphatic heterocycles. The number of hydrogen-bond donors (Lipinski definition) is 1.